The fourth-order valence-electron chi connectivity index (χ4n) is 3.39. The molecular weight excluding hydrogens is 404 g/mol. The van der Waals surface area contributed by atoms with Gasteiger partial charge in [0.25, 0.3) is 0 Å². The van der Waals surface area contributed by atoms with E-state index in [9.17, 15) is 5.11 Å². The summed E-state index contributed by atoms with van der Waals surface area (Å²) in [5.74, 6) is 3.54. The average molecular weight is 433 g/mol. The smallest absolute Gasteiger partial charge is 0.158 e. The highest BCUT2D eigenvalue weighted by Crippen LogP contribution is 2.31. The van der Waals surface area contributed by atoms with Gasteiger partial charge in [0, 0.05) is 18.0 Å². The van der Waals surface area contributed by atoms with E-state index in [1.807, 2.05) is 55.5 Å². The molecule has 0 radical (unpaired) electrons. The maximum absolute atomic E-state index is 9.58. The lowest BCUT2D eigenvalue weighted by Gasteiger charge is -2.13. The summed E-state index contributed by atoms with van der Waals surface area (Å²) in [5, 5.41) is 12.9. The number of aromatic nitrogens is 3. The van der Waals surface area contributed by atoms with Crippen LogP contribution in [0.4, 0.5) is 11.5 Å². The predicted molar refractivity (Wildman–Crippen MR) is 126 cm³/mol. The van der Waals surface area contributed by atoms with Crippen LogP contribution in [0.15, 0.2) is 61.1 Å². The number of aliphatic hydroxyl groups excluding tert-OH is 1. The summed E-state index contributed by atoms with van der Waals surface area (Å²) in [6, 6.07) is 15.4. The molecule has 0 atom stereocenters. The molecule has 166 valence electrons. The topological polar surface area (TPSA) is 81.4 Å². The zero-order valence-corrected chi connectivity index (χ0v) is 18.6. The molecule has 4 aromatic rings. The standard InChI is InChI=1S/C25H28N4O3/c1-17(2)10-12-31-20-5-4-6-21(14-20)32-23-8-7-19(13-18(23)3)28-25-24-22(26-15-27-25)9-11-29(24)16-30/h4-9,11,13-15,17,30H,10,12,16H2,1-3H3,(H,26,27,28). The number of aryl methyl sites for hydroxylation is 1. The lowest BCUT2D eigenvalue weighted by Crippen LogP contribution is -2.02. The van der Waals surface area contributed by atoms with Gasteiger partial charge in [-0.2, -0.15) is 0 Å². The van der Waals surface area contributed by atoms with Crippen molar-refractivity contribution in [2.75, 3.05) is 11.9 Å². The molecule has 0 unspecified atom stereocenters. The Morgan fingerprint density at radius 2 is 1.91 bits per heavy atom. The molecule has 2 aromatic carbocycles. The van der Waals surface area contributed by atoms with E-state index in [4.69, 9.17) is 9.47 Å². The van der Waals surface area contributed by atoms with Gasteiger partial charge in [0.1, 0.15) is 35.8 Å². The van der Waals surface area contributed by atoms with Gasteiger partial charge in [-0.1, -0.05) is 19.9 Å². The minimum absolute atomic E-state index is 0.141. The molecule has 0 amide bonds. The first-order valence-corrected chi connectivity index (χ1v) is 10.7. The monoisotopic (exact) mass is 432 g/mol. The second-order valence-electron chi connectivity index (χ2n) is 8.10. The first kappa shape index (κ1) is 21.6. The van der Waals surface area contributed by atoms with Crippen LogP contribution in [-0.4, -0.2) is 26.2 Å². The predicted octanol–water partition coefficient (Wildman–Crippen LogP) is 5.65. The van der Waals surface area contributed by atoms with E-state index in [1.165, 1.54) is 6.33 Å². The molecular formula is C25H28N4O3. The summed E-state index contributed by atoms with van der Waals surface area (Å²) in [7, 11) is 0. The molecule has 7 nitrogen and oxygen atoms in total. The zero-order chi connectivity index (χ0) is 22.5. The van der Waals surface area contributed by atoms with E-state index >= 15 is 0 Å². The van der Waals surface area contributed by atoms with Crippen molar-refractivity contribution in [1.29, 1.82) is 0 Å². The van der Waals surface area contributed by atoms with E-state index in [0.717, 1.165) is 46.0 Å². The van der Waals surface area contributed by atoms with Crippen LogP contribution < -0.4 is 14.8 Å². The number of hydrogen-bond donors (Lipinski definition) is 2. The summed E-state index contributed by atoms with van der Waals surface area (Å²) in [5.41, 5.74) is 3.36. The van der Waals surface area contributed by atoms with E-state index in [2.05, 4.69) is 29.1 Å². The van der Waals surface area contributed by atoms with Crippen LogP contribution in [0, 0.1) is 12.8 Å². The number of nitrogens with one attached hydrogen (secondary N) is 1. The normalized spacial score (nSPS) is 11.2. The Morgan fingerprint density at radius 3 is 2.69 bits per heavy atom. The van der Waals surface area contributed by atoms with Crippen molar-refractivity contribution in [2.45, 2.75) is 33.9 Å². The van der Waals surface area contributed by atoms with Crippen LogP contribution in [0.2, 0.25) is 0 Å². The molecule has 2 N–H and O–H groups in total. The summed E-state index contributed by atoms with van der Waals surface area (Å²) in [6.07, 6.45) is 4.31. The Bertz CT molecular complexity index is 1200. The lowest BCUT2D eigenvalue weighted by atomic mass is 10.1. The maximum Gasteiger partial charge on any atom is 0.158 e. The molecule has 7 heteroatoms. The van der Waals surface area contributed by atoms with Gasteiger partial charge in [-0.05, 0) is 61.2 Å². The number of hydrogen-bond acceptors (Lipinski definition) is 6. The fourth-order valence-corrected chi connectivity index (χ4v) is 3.39. The molecule has 0 aliphatic carbocycles. The Morgan fingerprint density at radius 1 is 1.06 bits per heavy atom. The van der Waals surface area contributed by atoms with Gasteiger partial charge in [-0.15, -0.1) is 0 Å². The number of rotatable bonds is 9. The van der Waals surface area contributed by atoms with Crippen LogP contribution in [-0.2, 0) is 6.73 Å². The third-order valence-corrected chi connectivity index (χ3v) is 5.14. The summed E-state index contributed by atoms with van der Waals surface area (Å²) in [4.78, 5) is 8.60. The molecule has 0 saturated heterocycles. The second kappa shape index (κ2) is 9.70. The minimum atomic E-state index is -0.141. The van der Waals surface area contributed by atoms with E-state index in [-0.39, 0.29) is 6.73 Å². The largest absolute Gasteiger partial charge is 0.493 e. The maximum atomic E-state index is 9.58. The average Bonchev–Trinajstić information content (AvgIpc) is 3.20. The number of ether oxygens (including phenoxy) is 2. The zero-order valence-electron chi connectivity index (χ0n) is 18.6. The highest BCUT2D eigenvalue weighted by atomic mass is 16.5. The molecule has 0 aliphatic heterocycles. The lowest BCUT2D eigenvalue weighted by molar-refractivity contribution is 0.215. The first-order chi connectivity index (χ1) is 15.5. The van der Waals surface area contributed by atoms with Crippen LogP contribution in [0.5, 0.6) is 17.2 Å². The number of aliphatic hydroxyl groups is 1. The van der Waals surface area contributed by atoms with Crippen molar-refractivity contribution >= 4 is 22.5 Å². The number of fused-ring (bicyclic) bond motifs is 1. The quantitative estimate of drug-likeness (QED) is 0.356. The SMILES string of the molecule is Cc1cc(Nc2ncnc3ccn(CO)c23)ccc1Oc1cccc(OCCC(C)C)c1. The molecule has 2 heterocycles. The molecule has 0 bridgehead atoms. The molecule has 0 spiro atoms. The van der Waals surface area contributed by atoms with Crippen molar-refractivity contribution in [3.8, 4) is 17.2 Å². The number of anilines is 2. The van der Waals surface area contributed by atoms with Crippen molar-refractivity contribution < 1.29 is 14.6 Å². The third kappa shape index (κ3) is 5.00. The van der Waals surface area contributed by atoms with Gasteiger partial charge >= 0.3 is 0 Å². The minimum Gasteiger partial charge on any atom is -0.493 e. The summed E-state index contributed by atoms with van der Waals surface area (Å²) in [6.45, 7) is 6.91. The Kier molecular flexibility index (Phi) is 6.56. The molecule has 0 saturated carbocycles. The van der Waals surface area contributed by atoms with Gasteiger partial charge in [-0.25, -0.2) is 9.97 Å². The Balaban J connectivity index is 1.48. The van der Waals surface area contributed by atoms with E-state index in [1.54, 1.807) is 10.8 Å². The molecule has 0 aliphatic rings. The third-order valence-electron chi connectivity index (χ3n) is 5.14. The van der Waals surface area contributed by atoms with Crippen LogP contribution in [0.1, 0.15) is 25.8 Å². The van der Waals surface area contributed by atoms with Gasteiger partial charge in [0.2, 0.25) is 0 Å². The van der Waals surface area contributed by atoms with Crippen molar-refractivity contribution in [3.63, 3.8) is 0 Å². The van der Waals surface area contributed by atoms with Crippen LogP contribution in [0.3, 0.4) is 0 Å². The Hall–Kier alpha value is -3.58. The molecule has 32 heavy (non-hydrogen) atoms. The Labute approximate surface area is 187 Å². The first-order valence-electron chi connectivity index (χ1n) is 10.7. The molecule has 2 aromatic heterocycles. The van der Waals surface area contributed by atoms with Crippen molar-refractivity contribution in [3.05, 3.63) is 66.6 Å². The number of nitrogens with zero attached hydrogens (tertiary/aromatic N) is 3. The van der Waals surface area contributed by atoms with Crippen LogP contribution >= 0.6 is 0 Å². The van der Waals surface area contributed by atoms with Gasteiger partial charge in [0.05, 0.1) is 12.1 Å². The van der Waals surface area contributed by atoms with Gasteiger partial charge < -0.3 is 24.5 Å². The number of benzene rings is 2. The van der Waals surface area contributed by atoms with Gasteiger partial charge in [-0.3, -0.25) is 0 Å². The van der Waals surface area contributed by atoms with E-state index < -0.39 is 0 Å². The van der Waals surface area contributed by atoms with Gasteiger partial charge in [0.15, 0.2) is 5.82 Å². The second-order valence-corrected chi connectivity index (χ2v) is 8.10. The van der Waals surface area contributed by atoms with Crippen molar-refractivity contribution in [1.82, 2.24) is 14.5 Å². The highest BCUT2D eigenvalue weighted by molar-refractivity contribution is 5.88. The van der Waals surface area contributed by atoms with E-state index in [0.29, 0.717) is 18.3 Å². The summed E-state index contributed by atoms with van der Waals surface area (Å²) >= 11 is 0. The molecule has 0 fully saturated rings. The summed E-state index contributed by atoms with van der Waals surface area (Å²) < 4.78 is 13.6. The fraction of sp³-hybridized carbons (Fsp3) is 0.280. The van der Waals surface area contributed by atoms with Crippen molar-refractivity contribution in [2.24, 2.45) is 5.92 Å². The van der Waals surface area contributed by atoms with Crippen LogP contribution in [0.25, 0.3) is 11.0 Å². The highest BCUT2D eigenvalue weighted by Gasteiger charge is 2.10. The molecule has 4 rings (SSSR count).